The third kappa shape index (κ3) is 4.85. The molecular formula is C25H31N2O6+. The zero-order chi connectivity index (χ0) is 24.3. The Labute approximate surface area is 193 Å². The second kappa shape index (κ2) is 10.0. The summed E-state index contributed by atoms with van der Waals surface area (Å²) in [5.41, 5.74) is 1.60. The first-order valence-electron chi connectivity index (χ1n) is 10.9. The van der Waals surface area contributed by atoms with Crippen molar-refractivity contribution < 1.29 is 33.9 Å². The zero-order valence-electron chi connectivity index (χ0n) is 19.7. The van der Waals surface area contributed by atoms with Crippen LogP contribution in [0.3, 0.4) is 0 Å². The first-order chi connectivity index (χ1) is 15.7. The number of hydrogen-bond acceptors (Lipinski definition) is 6. The lowest BCUT2D eigenvalue weighted by Gasteiger charge is -2.28. The number of carbonyl (C=O) groups is 3. The number of methoxy groups -OCH3 is 2. The molecule has 0 saturated carbocycles. The monoisotopic (exact) mass is 455 g/mol. The number of Topliss-reactive ketones (excluding diaryl/α,β-unsaturated/α-hetero) is 2. The molecule has 0 aliphatic carbocycles. The lowest BCUT2D eigenvalue weighted by atomic mass is 9.85. The molecule has 2 N–H and O–H groups in total. The SMILES string of the molecule is COc1ccc(C(=O)C2C(=O)C(=O)N(CCC[NH+](C)C)C2c2ccc(O)c(OC)c2)c(C)c1. The highest BCUT2D eigenvalue weighted by atomic mass is 16.5. The van der Waals surface area contributed by atoms with Crippen LogP contribution in [0.5, 0.6) is 17.2 Å². The Balaban J connectivity index is 2.06. The number of quaternary nitrogens is 1. The van der Waals surface area contributed by atoms with Crippen LogP contribution >= 0.6 is 0 Å². The van der Waals surface area contributed by atoms with Crippen LogP contribution < -0.4 is 14.4 Å². The van der Waals surface area contributed by atoms with E-state index >= 15 is 0 Å². The van der Waals surface area contributed by atoms with Crippen molar-refractivity contribution in [3.8, 4) is 17.2 Å². The molecule has 0 spiro atoms. The van der Waals surface area contributed by atoms with E-state index in [-0.39, 0.29) is 11.5 Å². The predicted molar refractivity (Wildman–Crippen MR) is 122 cm³/mol. The summed E-state index contributed by atoms with van der Waals surface area (Å²) >= 11 is 0. The maximum Gasteiger partial charge on any atom is 0.291 e. The number of ketones is 2. The number of carbonyl (C=O) groups excluding carboxylic acids is 3. The molecule has 2 aromatic rings. The molecule has 8 heteroatoms. The van der Waals surface area contributed by atoms with Gasteiger partial charge in [-0.3, -0.25) is 14.4 Å². The van der Waals surface area contributed by atoms with Crippen molar-refractivity contribution in [2.75, 3.05) is 41.4 Å². The van der Waals surface area contributed by atoms with Gasteiger partial charge in [0.25, 0.3) is 5.91 Å². The number of hydrogen-bond donors (Lipinski definition) is 2. The molecule has 3 rings (SSSR count). The highest BCUT2D eigenvalue weighted by molar-refractivity contribution is 6.44. The average Bonchev–Trinajstić information content (AvgIpc) is 3.03. The van der Waals surface area contributed by atoms with E-state index in [1.165, 1.54) is 30.1 Å². The molecule has 2 unspecified atom stereocenters. The van der Waals surface area contributed by atoms with E-state index in [1.54, 1.807) is 37.3 Å². The summed E-state index contributed by atoms with van der Waals surface area (Å²) in [5, 5.41) is 10.0. The molecule has 1 amide bonds. The number of rotatable bonds is 9. The summed E-state index contributed by atoms with van der Waals surface area (Å²) in [5.74, 6) is -2.23. The van der Waals surface area contributed by atoms with Gasteiger partial charge in [0.15, 0.2) is 17.3 Å². The Bertz CT molecular complexity index is 1060. The van der Waals surface area contributed by atoms with Crippen LogP contribution in [0.25, 0.3) is 0 Å². The van der Waals surface area contributed by atoms with Crippen LogP contribution in [0.2, 0.25) is 0 Å². The summed E-state index contributed by atoms with van der Waals surface area (Å²) < 4.78 is 10.5. The minimum Gasteiger partial charge on any atom is -0.504 e. The molecule has 0 aromatic heterocycles. The normalized spacial score (nSPS) is 18.2. The molecule has 8 nitrogen and oxygen atoms in total. The summed E-state index contributed by atoms with van der Waals surface area (Å²) in [6.45, 7) is 2.92. The van der Waals surface area contributed by atoms with E-state index in [0.717, 1.165) is 6.54 Å². The minimum atomic E-state index is -1.19. The molecule has 0 bridgehead atoms. The maximum absolute atomic E-state index is 13.6. The van der Waals surface area contributed by atoms with Crippen LogP contribution in [-0.2, 0) is 9.59 Å². The van der Waals surface area contributed by atoms with E-state index in [4.69, 9.17) is 9.47 Å². The lowest BCUT2D eigenvalue weighted by molar-refractivity contribution is -0.858. The van der Waals surface area contributed by atoms with Gasteiger partial charge in [-0.25, -0.2) is 0 Å². The van der Waals surface area contributed by atoms with Crippen LogP contribution in [0.1, 0.15) is 33.9 Å². The number of nitrogens with zero attached hydrogens (tertiary/aromatic N) is 1. The van der Waals surface area contributed by atoms with Gasteiger partial charge in [0.05, 0.1) is 40.9 Å². The number of ether oxygens (including phenoxy) is 2. The average molecular weight is 456 g/mol. The van der Waals surface area contributed by atoms with E-state index in [9.17, 15) is 19.5 Å². The molecule has 1 heterocycles. The highest BCUT2D eigenvalue weighted by Crippen LogP contribution is 2.41. The van der Waals surface area contributed by atoms with Crippen molar-refractivity contribution in [3.63, 3.8) is 0 Å². The first kappa shape index (κ1) is 24.3. The minimum absolute atomic E-state index is 0.0615. The molecule has 2 atom stereocenters. The Morgan fingerprint density at radius 1 is 1.09 bits per heavy atom. The molecule has 176 valence electrons. The van der Waals surface area contributed by atoms with Crippen molar-refractivity contribution in [1.29, 1.82) is 0 Å². The van der Waals surface area contributed by atoms with Gasteiger partial charge in [0, 0.05) is 18.5 Å². The van der Waals surface area contributed by atoms with Crippen molar-refractivity contribution in [1.82, 2.24) is 4.90 Å². The van der Waals surface area contributed by atoms with Crippen molar-refractivity contribution in [3.05, 3.63) is 53.1 Å². The smallest absolute Gasteiger partial charge is 0.291 e. The van der Waals surface area contributed by atoms with E-state index in [1.807, 2.05) is 14.1 Å². The van der Waals surface area contributed by atoms with Gasteiger partial charge in [0.1, 0.15) is 11.7 Å². The van der Waals surface area contributed by atoms with Crippen molar-refractivity contribution in [2.24, 2.45) is 5.92 Å². The summed E-state index contributed by atoms with van der Waals surface area (Å²) in [4.78, 5) is 42.5. The summed E-state index contributed by atoms with van der Waals surface area (Å²) in [7, 11) is 6.98. The fraction of sp³-hybridized carbons (Fsp3) is 0.400. The second-order valence-electron chi connectivity index (χ2n) is 8.57. The molecular weight excluding hydrogens is 424 g/mol. The number of likely N-dealkylation sites (tertiary alicyclic amines) is 1. The Morgan fingerprint density at radius 3 is 2.42 bits per heavy atom. The number of aromatic hydroxyl groups is 1. The second-order valence-corrected chi connectivity index (χ2v) is 8.57. The fourth-order valence-electron chi connectivity index (χ4n) is 4.29. The molecule has 1 aliphatic rings. The first-order valence-corrected chi connectivity index (χ1v) is 10.9. The molecule has 0 radical (unpaired) electrons. The Kier molecular flexibility index (Phi) is 7.38. The standard InChI is InChI=1S/C25H30N2O6/c1-15-13-17(32-4)8-9-18(15)23(29)21-22(16-7-10-19(28)20(14-16)33-5)27(25(31)24(21)30)12-6-11-26(2)3/h7-10,13-14,21-22,28H,6,11-12H2,1-5H3/p+1. The Morgan fingerprint density at radius 2 is 1.82 bits per heavy atom. The van der Waals surface area contributed by atoms with Gasteiger partial charge in [-0.2, -0.15) is 0 Å². The van der Waals surface area contributed by atoms with Crippen molar-refractivity contribution >= 4 is 17.5 Å². The van der Waals surface area contributed by atoms with Crippen molar-refractivity contribution in [2.45, 2.75) is 19.4 Å². The molecule has 1 saturated heterocycles. The topological polar surface area (TPSA) is 97.6 Å². The van der Waals surface area contributed by atoms with E-state index < -0.39 is 29.4 Å². The van der Waals surface area contributed by atoms with Crippen LogP contribution in [0.15, 0.2) is 36.4 Å². The fourth-order valence-corrected chi connectivity index (χ4v) is 4.29. The predicted octanol–water partition coefficient (Wildman–Crippen LogP) is 1.20. The number of benzene rings is 2. The number of phenolic OH excluding ortho intramolecular Hbond substituents is 1. The molecule has 1 aliphatic heterocycles. The van der Waals surface area contributed by atoms with Gasteiger partial charge in [-0.05, 0) is 48.4 Å². The molecule has 2 aromatic carbocycles. The largest absolute Gasteiger partial charge is 0.504 e. The number of amides is 1. The van der Waals surface area contributed by atoms with Crippen LogP contribution in [-0.4, -0.2) is 68.9 Å². The van der Waals surface area contributed by atoms with E-state index in [0.29, 0.717) is 35.4 Å². The molecule has 33 heavy (non-hydrogen) atoms. The lowest BCUT2D eigenvalue weighted by Crippen LogP contribution is -3.05. The number of nitrogens with one attached hydrogen (secondary N) is 1. The summed E-state index contributed by atoms with van der Waals surface area (Å²) in [6.07, 6.45) is 0.676. The number of aryl methyl sites for hydroxylation is 1. The Hall–Kier alpha value is -3.39. The van der Waals surface area contributed by atoms with Gasteiger partial charge >= 0.3 is 0 Å². The third-order valence-corrected chi connectivity index (χ3v) is 6.01. The van der Waals surface area contributed by atoms with Crippen LogP contribution in [0.4, 0.5) is 0 Å². The quantitative estimate of drug-likeness (QED) is 0.335. The zero-order valence-corrected chi connectivity index (χ0v) is 19.7. The van der Waals surface area contributed by atoms with Gasteiger partial charge in [-0.1, -0.05) is 6.07 Å². The van der Waals surface area contributed by atoms with Crippen LogP contribution in [0, 0.1) is 12.8 Å². The number of phenols is 1. The maximum atomic E-state index is 13.6. The molecule has 1 fully saturated rings. The summed E-state index contributed by atoms with van der Waals surface area (Å²) in [6, 6.07) is 8.88. The van der Waals surface area contributed by atoms with Gasteiger partial charge < -0.3 is 24.4 Å². The highest BCUT2D eigenvalue weighted by Gasteiger charge is 2.51. The third-order valence-electron chi connectivity index (χ3n) is 6.01. The van der Waals surface area contributed by atoms with E-state index in [2.05, 4.69) is 0 Å². The van der Waals surface area contributed by atoms with Gasteiger partial charge in [0.2, 0.25) is 5.78 Å². The van der Waals surface area contributed by atoms with Gasteiger partial charge in [-0.15, -0.1) is 0 Å².